The minimum atomic E-state index is -0.386. The lowest BCUT2D eigenvalue weighted by atomic mass is 9.91. The smallest absolute Gasteiger partial charge is 0.148 e. The molecular formula is C16H16BrClFN. The lowest BCUT2D eigenvalue weighted by Crippen LogP contribution is -2.21. The Morgan fingerprint density at radius 2 is 1.75 bits per heavy atom. The SMILES string of the molecule is CNC(c1ccc(Br)c(Cl)c1F)c1c(C)cccc1C. The third-order valence-corrected chi connectivity index (χ3v) is 4.75. The van der Waals surface area contributed by atoms with Crippen molar-refractivity contribution >= 4 is 27.5 Å². The van der Waals surface area contributed by atoms with Crippen molar-refractivity contribution < 1.29 is 4.39 Å². The second-order valence-electron chi connectivity index (χ2n) is 4.79. The van der Waals surface area contributed by atoms with Crippen molar-refractivity contribution in [3.63, 3.8) is 0 Å². The molecule has 0 radical (unpaired) electrons. The van der Waals surface area contributed by atoms with Crippen molar-refractivity contribution in [2.45, 2.75) is 19.9 Å². The summed E-state index contributed by atoms with van der Waals surface area (Å²) in [5.74, 6) is -0.386. The largest absolute Gasteiger partial charge is 0.309 e. The molecule has 1 N–H and O–H groups in total. The van der Waals surface area contributed by atoms with Gasteiger partial charge in [0.05, 0.1) is 11.1 Å². The first-order valence-electron chi connectivity index (χ1n) is 6.34. The van der Waals surface area contributed by atoms with Crippen LogP contribution in [0.2, 0.25) is 5.02 Å². The number of aryl methyl sites for hydroxylation is 2. The summed E-state index contributed by atoms with van der Waals surface area (Å²) in [4.78, 5) is 0. The Labute approximate surface area is 132 Å². The fourth-order valence-corrected chi connectivity index (χ4v) is 2.98. The van der Waals surface area contributed by atoms with Crippen LogP contribution in [0.3, 0.4) is 0 Å². The van der Waals surface area contributed by atoms with Crippen LogP contribution in [0.15, 0.2) is 34.8 Å². The Bertz CT molecular complexity index is 622. The zero-order valence-corrected chi connectivity index (χ0v) is 13.9. The van der Waals surface area contributed by atoms with Crippen molar-refractivity contribution in [2.75, 3.05) is 7.05 Å². The second kappa shape index (κ2) is 6.25. The van der Waals surface area contributed by atoms with Crippen LogP contribution in [0, 0.1) is 19.7 Å². The number of hydrogen-bond acceptors (Lipinski definition) is 1. The van der Waals surface area contributed by atoms with Crippen LogP contribution in [-0.2, 0) is 0 Å². The van der Waals surface area contributed by atoms with Crippen LogP contribution in [0.4, 0.5) is 4.39 Å². The van der Waals surface area contributed by atoms with Crippen molar-refractivity contribution in [1.29, 1.82) is 0 Å². The predicted octanol–water partition coefficient (Wildman–Crippen LogP) is 5.17. The van der Waals surface area contributed by atoms with E-state index in [0.29, 0.717) is 10.0 Å². The van der Waals surface area contributed by atoms with Gasteiger partial charge in [-0.3, -0.25) is 0 Å². The summed E-state index contributed by atoms with van der Waals surface area (Å²) in [5.41, 5.74) is 3.90. The molecule has 0 aliphatic rings. The summed E-state index contributed by atoms with van der Waals surface area (Å²) < 4.78 is 15.0. The van der Waals surface area contributed by atoms with E-state index in [0.717, 1.165) is 16.7 Å². The zero-order valence-electron chi connectivity index (χ0n) is 11.6. The Balaban J connectivity index is 2.62. The molecule has 106 valence electrons. The summed E-state index contributed by atoms with van der Waals surface area (Å²) in [6.45, 7) is 4.07. The molecule has 20 heavy (non-hydrogen) atoms. The molecule has 0 heterocycles. The topological polar surface area (TPSA) is 12.0 Å². The maximum Gasteiger partial charge on any atom is 0.148 e. The van der Waals surface area contributed by atoms with Gasteiger partial charge in [-0.15, -0.1) is 0 Å². The van der Waals surface area contributed by atoms with Gasteiger partial charge in [-0.1, -0.05) is 35.9 Å². The van der Waals surface area contributed by atoms with Gasteiger partial charge in [-0.2, -0.15) is 0 Å². The van der Waals surface area contributed by atoms with Crippen LogP contribution in [0.1, 0.15) is 28.3 Å². The van der Waals surface area contributed by atoms with Gasteiger partial charge in [-0.25, -0.2) is 4.39 Å². The molecule has 4 heteroatoms. The van der Waals surface area contributed by atoms with E-state index < -0.39 is 0 Å². The molecule has 1 nitrogen and oxygen atoms in total. The van der Waals surface area contributed by atoms with E-state index >= 15 is 0 Å². The van der Waals surface area contributed by atoms with Gasteiger partial charge in [0.15, 0.2) is 0 Å². The van der Waals surface area contributed by atoms with Crippen LogP contribution in [0.25, 0.3) is 0 Å². The van der Waals surface area contributed by atoms with Crippen molar-refractivity contribution in [2.24, 2.45) is 0 Å². The average Bonchev–Trinajstić information content (AvgIpc) is 2.42. The average molecular weight is 357 g/mol. The van der Waals surface area contributed by atoms with Gasteiger partial charge >= 0.3 is 0 Å². The van der Waals surface area contributed by atoms with Crippen molar-refractivity contribution in [3.05, 3.63) is 67.9 Å². The van der Waals surface area contributed by atoms with E-state index in [1.807, 2.05) is 39.1 Å². The van der Waals surface area contributed by atoms with Gasteiger partial charge in [-0.05, 0) is 59.6 Å². The minimum absolute atomic E-state index is 0.119. The maximum absolute atomic E-state index is 14.4. The number of halogens is 3. The zero-order chi connectivity index (χ0) is 14.9. The molecule has 2 aromatic carbocycles. The summed E-state index contributed by atoms with van der Waals surface area (Å²) in [5, 5.41) is 3.31. The van der Waals surface area contributed by atoms with Gasteiger partial charge in [0.25, 0.3) is 0 Å². The summed E-state index contributed by atoms with van der Waals surface area (Å²) in [7, 11) is 1.83. The number of benzene rings is 2. The van der Waals surface area contributed by atoms with E-state index in [2.05, 4.69) is 21.2 Å². The van der Waals surface area contributed by atoms with Crippen molar-refractivity contribution in [3.8, 4) is 0 Å². The molecule has 0 aliphatic heterocycles. The highest BCUT2D eigenvalue weighted by Crippen LogP contribution is 2.34. The predicted molar refractivity (Wildman–Crippen MR) is 85.9 cm³/mol. The monoisotopic (exact) mass is 355 g/mol. The van der Waals surface area contributed by atoms with E-state index in [1.54, 1.807) is 12.1 Å². The second-order valence-corrected chi connectivity index (χ2v) is 6.02. The molecule has 1 unspecified atom stereocenters. The summed E-state index contributed by atoms with van der Waals surface area (Å²) >= 11 is 9.25. The van der Waals surface area contributed by atoms with Gasteiger partial charge in [0.2, 0.25) is 0 Å². The Morgan fingerprint density at radius 1 is 1.15 bits per heavy atom. The normalized spacial score (nSPS) is 12.5. The molecule has 2 rings (SSSR count). The molecule has 0 saturated heterocycles. The van der Waals surface area contributed by atoms with Gasteiger partial charge in [0, 0.05) is 10.0 Å². The van der Waals surface area contributed by atoms with E-state index in [9.17, 15) is 4.39 Å². The van der Waals surface area contributed by atoms with Crippen LogP contribution >= 0.6 is 27.5 Å². The molecule has 0 bridgehead atoms. The Kier molecular flexibility index (Phi) is 4.84. The molecule has 0 spiro atoms. The highest BCUT2D eigenvalue weighted by molar-refractivity contribution is 9.10. The van der Waals surface area contributed by atoms with E-state index in [-0.39, 0.29) is 16.9 Å². The minimum Gasteiger partial charge on any atom is -0.309 e. The first-order valence-corrected chi connectivity index (χ1v) is 7.51. The fourth-order valence-electron chi connectivity index (χ4n) is 2.50. The molecule has 0 fully saturated rings. The molecule has 0 amide bonds. The van der Waals surface area contributed by atoms with E-state index in [4.69, 9.17) is 11.6 Å². The number of nitrogens with one attached hydrogen (secondary N) is 1. The summed E-state index contributed by atoms with van der Waals surface area (Å²) in [6.07, 6.45) is 0. The first kappa shape index (κ1) is 15.5. The number of hydrogen-bond donors (Lipinski definition) is 1. The highest BCUT2D eigenvalue weighted by atomic mass is 79.9. The van der Waals surface area contributed by atoms with Crippen LogP contribution in [0.5, 0.6) is 0 Å². The third kappa shape index (κ3) is 2.76. The molecule has 2 aromatic rings. The lowest BCUT2D eigenvalue weighted by Gasteiger charge is -2.22. The van der Waals surface area contributed by atoms with Gasteiger partial charge in [0.1, 0.15) is 5.82 Å². The number of rotatable bonds is 3. The lowest BCUT2D eigenvalue weighted by molar-refractivity contribution is 0.574. The summed E-state index contributed by atoms with van der Waals surface area (Å²) in [6, 6.07) is 9.39. The van der Waals surface area contributed by atoms with Gasteiger partial charge < -0.3 is 5.32 Å². The molecule has 0 aromatic heterocycles. The fraction of sp³-hybridized carbons (Fsp3) is 0.250. The van der Waals surface area contributed by atoms with Crippen LogP contribution in [-0.4, -0.2) is 7.05 Å². The Morgan fingerprint density at radius 3 is 2.30 bits per heavy atom. The first-order chi connectivity index (χ1) is 9.47. The molecule has 1 atom stereocenters. The van der Waals surface area contributed by atoms with E-state index in [1.165, 1.54) is 0 Å². The highest BCUT2D eigenvalue weighted by Gasteiger charge is 2.22. The third-order valence-electron chi connectivity index (χ3n) is 3.50. The molecule has 0 aliphatic carbocycles. The molecular weight excluding hydrogens is 341 g/mol. The quantitative estimate of drug-likeness (QED) is 0.748. The molecule has 0 saturated carbocycles. The maximum atomic E-state index is 14.4. The van der Waals surface area contributed by atoms with Crippen LogP contribution < -0.4 is 5.32 Å². The van der Waals surface area contributed by atoms with Crippen molar-refractivity contribution in [1.82, 2.24) is 5.32 Å². The standard InChI is InChI=1S/C16H16BrClFN/c1-9-5-4-6-10(2)13(9)16(20-3)11-7-8-12(17)14(18)15(11)19/h4-8,16,20H,1-3H3. The Hall–Kier alpha value is -0.900.